The van der Waals surface area contributed by atoms with Crippen LogP contribution in [-0.4, -0.2) is 60.0 Å². The first-order chi connectivity index (χ1) is 9.43. The number of anilines is 1. The molecule has 2 rings (SSSR count). The molecule has 0 spiro atoms. The van der Waals surface area contributed by atoms with E-state index in [9.17, 15) is 4.79 Å². The van der Waals surface area contributed by atoms with Crippen molar-refractivity contribution in [2.75, 3.05) is 32.5 Å². The molecule has 0 aromatic carbocycles. The SMILES string of the molecule is CNc1cc(C)ncc1C(=O)N1CC(C)N(C)C(C)C1. The van der Waals surface area contributed by atoms with E-state index in [1.54, 1.807) is 6.20 Å². The zero-order chi connectivity index (χ0) is 14.9. The van der Waals surface area contributed by atoms with E-state index in [1.807, 2.05) is 24.9 Å². The number of aromatic nitrogens is 1. The van der Waals surface area contributed by atoms with Crippen molar-refractivity contribution in [2.45, 2.75) is 32.9 Å². The summed E-state index contributed by atoms with van der Waals surface area (Å²) in [4.78, 5) is 21.2. The molecule has 1 aliphatic heterocycles. The first-order valence-corrected chi connectivity index (χ1v) is 7.09. The van der Waals surface area contributed by atoms with Crippen LogP contribution in [0.15, 0.2) is 12.3 Å². The summed E-state index contributed by atoms with van der Waals surface area (Å²) in [7, 11) is 3.95. The van der Waals surface area contributed by atoms with Gasteiger partial charge in [-0.25, -0.2) is 0 Å². The molecule has 0 bridgehead atoms. The van der Waals surface area contributed by atoms with E-state index in [2.05, 4.69) is 36.1 Å². The first-order valence-electron chi connectivity index (χ1n) is 7.09. The average Bonchev–Trinajstić information content (AvgIpc) is 2.43. The average molecular weight is 276 g/mol. The van der Waals surface area contributed by atoms with Crippen LogP contribution in [0.2, 0.25) is 0 Å². The van der Waals surface area contributed by atoms with Crippen LogP contribution in [0.3, 0.4) is 0 Å². The molecule has 20 heavy (non-hydrogen) atoms. The Morgan fingerprint density at radius 2 is 1.95 bits per heavy atom. The Labute approximate surface area is 121 Å². The normalized spacial score (nSPS) is 23.8. The second-order valence-corrected chi connectivity index (χ2v) is 5.69. The number of hydrogen-bond donors (Lipinski definition) is 1. The summed E-state index contributed by atoms with van der Waals surface area (Å²) in [5.41, 5.74) is 2.41. The number of piperazine rings is 1. The Hall–Kier alpha value is -1.62. The molecule has 1 N–H and O–H groups in total. The standard InChI is InChI=1S/C15H24N4O/c1-10-6-14(16-4)13(7-17-10)15(20)19-8-11(2)18(5)12(3)9-19/h6-7,11-12H,8-9H2,1-5H3,(H,16,17). The van der Waals surface area contributed by atoms with Gasteiger partial charge in [0.2, 0.25) is 0 Å². The van der Waals surface area contributed by atoms with Gasteiger partial charge >= 0.3 is 0 Å². The molecule has 1 aliphatic rings. The summed E-state index contributed by atoms with van der Waals surface area (Å²) in [6.07, 6.45) is 1.68. The molecule has 1 amide bonds. The number of carbonyl (C=O) groups excluding carboxylic acids is 1. The van der Waals surface area contributed by atoms with Crippen LogP contribution in [0.25, 0.3) is 0 Å². The molecule has 0 radical (unpaired) electrons. The lowest BCUT2D eigenvalue weighted by Crippen LogP contribution is -2.56. The number of amides is 1. The zero-order valence-corrected chi connectivity index (χ0v) is 13.0. The maximum atomic E-state index is 12.7. The van der Waals surface area contributed by atoms with E-state index in [-0.39, 0.29) is 5.91 Å². The third-order valence-electron chi connectivity index (χ3n) is 4.19. The van der Waals surface area contributed by atoms with Gasteiger partial charge < -0.3 is 10.2 Å². The minimum absolute atomic E-state index is 0.0636. The van der Waals surface area contributed by atoms with Crippen molar-refractivity contribution in [1.82, 2.24) is 14.8 Å². The lowest BCUT2D eigenvalue weighted by Gasteiger charge is -2.42. The maximum absolute atomic E-state index is 12.7. The Bertz CT molecular complexity index is 491. The number of rotatable bonds is 2. The molecule has 5 heteroatoms. The van der Waals surface area contributed by atoms with Crippen LogP contribution in [0.1, 0.15) is 29.9 Å². The van der Waals surface area contributed by atoms with E-state index >= 15 is 0 Å². The highest BCUT2D eigenvalue weighted by molar-refractivity contribution is 5.99. The molecule has 0 saturated carbocycles. The Kier molecular flexibility index (Phi) is 4.28. The molecule has 1 aromatic rings. The van der Waals surface area contributed by atoms with Crippen molar-refractivity contribution in [1.29, 1.82) is 0 Å². The number of hydrogen-bond acceptors (Lipinski definition) is 4. The summed E-state index contributed by atoms with van der Waals surface area (Å²) in [5.74, 6) is 0.0636. The number of aryl methyl sites for hydroxylation is 1. The molecule has 0 aliphatic carbocycles. The third kappa shape index (κ3) is 2.77. The van der Waals surface area contributed by atoms with Gasteiger partial charge in [0, 0.05) is 44.1 Å². The molecule has 2 atom stereocenters. The lowest BCUT2D eigenvalue weighted by molar-refractivity contribution is 0.0414. The molecular weight excluding hydrogens is 252 g/mol. The van der Waals surface area contributed by atoms with Gasteiger partial charge in [0.1, 0.15) is 0 Å². The van der Waals surface area contributed by atoms with Gasteiger partial charge in [0.25, 0.3) is 5.91 Å². The molecule has 110 valence electrons. The monoisotopic (exact) mass is 276 g/mol. The molecule has 5 nitrogen and oxygen atoms in total. The van der Waals surface area contributed by atoms with E-state index in [4.69, 9.17) is 0 Å². The molecule has 1 saturated heterocycles. The predicted molar refractivity (Wildman–Crippen MR) is 81.1 cm³/mol. The smallest absolute Gasteiger partial charge is 0.257 e. The molecule has 1 fully saturated rings. The van der Waals surface area contributed by atoms with Crippen LogP contribution in [0, 0.1) is 6.92 Å². The van der Waals surface area contributed by atoms with Gasteiger partial charge in [-0.05, 0) is 33.9 Å². The van der Waals surface area contributed by atoms with Crippen molar-refractivity contribution in [2.24, 2.45) is 0 Å². The topological polar surface area (TPSA) is 48.5 Å². The van der Waals surface area contributed by atoms with E-state index in [0.717, 1.165) is 24.5 Å². The molecule has 2 heterocycles. The minimum Gasteiger partial charge on any atom is -0.387 e. The number of carbonyl (C=O) groups is 1. The Morgan fingerprint density at radius 1 is 1.35 bits per heavy atom. The number of likely N-dealkylation sites (N-methyl/N-ethyl adjacent to an activating group) is 1. The molecular formula is C15H24N4O. The maximum Gasteiger partial charge on any atom is 0.257 e. The first kappa shape index (κ1) is 14.8. The summed E-state index contributed by atoms with van der Waals surface area (Å²) in [5, 5.41) is 3.09. The predicted octanol–water partition coefficient (Wildman–Crippen LogP) is 1.60. The highest BCUT2D eigenvalue weighted by atomic mass is 16.2. The lowest BCUT2D eigenvalue weighted by atomic mass is 10.1. The van der Waals surface area contributed by atoms with Crippen LogP contribution < -0.4 is 5.32 Å². The summed E-state index contributed by atoms with van der Waals surface area (Å²) in [6.45, 7) is 7.76. The summed E-state index contributed by atoms with van der Waals surface area (Å²) in [6, 6.07) is 2.66. The van der Waals surface area contributed by atoms with Gasteiger partial charge in [0.15, 0.2) is 0 Å². The van der Waals surface area contributed by atoms with Crippen LogP contribution in [0.5, 0.6) is 0 Å². The van der Waals surface area contributed by atoms with Crippen LogP contribution in [-0.2, 0) is 0 Å². The summed E-state index contributed by atoms with van der Waals surface area (Å²) >= 11 is 0. The third-order valence-corrected chi connectivity index (χ3v) is 4.19. The van der Waals surface area contributed by atoms with E-state index < -0.39 is 0 Å². The number of nitrogens with one attached hydrogen (secondary N) is 1. The fraction of sp³-hybridized carbons (Fsp3) is 0.600. The second-order valence-electron chi connectivity index (χ2n) is 5.69. The fourth-order valence-electron chi connectivity index (χ4n) is 2.68. The fourth-order valence-corrected chi connectivity index (χ4v) is 2.68. The van der Waals surface area contributed by atoms with E-state index in [0.29, 0.717) is 17.6 Å². The van der Waals surface area contributed by atoms with Gasteiger partial charge in [-0.15, -0.1) is 0 Å². The van der Waals surface area contributed by atoms with Gasteiger partial charge in [0.05, 0.1) is 11.3 Å². The minimum atomic E-state index is 0.0636. The highest BCUT2D eigenvalue weighted by Gasteiger charge is 2.30. The Morgan fingerprint density at radius 3 is 2.50 bits per heavy atom. The quantitative estimate of drug-likeness (QED) is 0.891. The largest absolute Gasteiger partial charge is 0.387 e. The zero-order valence-electron chi connectivity index (χ0n) is 13.0. The van der Waals surface area contributed by atoms with Crippen LogP contribution >= 0.6 is 0 Å². The van der Waals surface area contributed by atoms with Crippen molar-refractivity contribution in [3.63, 3.8) is 0 Å². The van der Waals surface area contributed by atoms with Crippen LogP contribution in [0.4, 0.5) is 5.69 Å². The van der Waals surface area contributed by atoms with Crippen molar-refractivity contribution < 1.29 is 4.79 Å². The number of nitrogens with zero attached hydrogens (tertiary/aromatic N) is 3. The number of pyridine rings is 1. The van der Waals surface area contributed by atoms with Gasteiger partial charge in [-0.1, -0.05) is 0 Å². The molecule has 2 unspecified atom stereocenters. The van der Waals surface area contributed by atoms with Crippen molar-refractivity contribution in [3.8, 4) is 0 Å². The van der Waals surface area contributed by atoms with Crippen molar-refractivity contribution in [3.05, 3.63) is 23.5 Å². The second kappa shape index (κ2) is 5.79. The van der Waals surface area contributed by atoms with E-state index in [1.165, 1.54) is 0 Å². The molecule has 1 aromatic heterocycles. The Balaban J connectivity index is 2.23. The van der Waals surface area contributed by atoms with Gasteiger partial charge in [-0.3, -0.25) is 14.7 Å². The summed E-state index contributed by atoms with van der Waals surface area (Å²) < 4.78 is 0. The highest BCUT2D eigenvalue weighted by Crippen LogP contribution is 2.20. The van der Waals surface area contributed by atoms with Gasteiger partial charge in [-0.2, -0.15) is 0 Å². The van der Waals surface area contributed by atoms with Crippen molar-refractivity contribution >= 4 is 11.6 Å².